The zero-order valence-electron chi connectivity index (χ0n) is 21.6. The monoisotopic (exact) mass is 492 g/mol. The fourth-order valence-electron chi connectivity index (χ4n) is 6.11. The van der Waals surface area contributed by atoms with Gasteiger partial charge in [0.05, 0.1) is 23.3 Å². The SMILES string of the molecule is [B]c1ccc2c(N3C[C@H](CN4CC(c5ccc(N6CC(C)(N)C6)cc5)C4)O[C@H](C)C3)ccc(C#N)c2n1. The lowest BCUT2D eigenvalue weighted by Crippen LogP contribution is -2.65. The maximum atomic E-state index is 9.54. The van der Waals surface area contributed by atoms with Crippen LogP contribution in [0.2, 0.25) is 0 Å². The number of morpholine rings is 1. The zero-order valence-corrected chi connectivity index (χ0v) is 21.6. The summed E-state index contributed by atoms with van der Waals surface area (Å²) in [5.74, 6) is 0.571. The second kappa shape index (κ2) is 9.32. The van der Waals surface area contributed by atoms with E-state index in [4.69, 9.17) is 18.3 Å². The number of likely N-dealkylation sites (tertiary alicyclic amines) is 1. The van der Waals surface area contributed by atoms with Crippen molar-refractivity contribution in [3.63, 3.8) is 0 Å². The lowest BCUT2D eigenvalue weighted by atomic mass is 9.89. The second-order valence-corrected chi connectivity index (χ2v) is 11.4. The van der Waals surface area contributed by atoms with Gasteiger partial charge in [0.25, 0.3) is 0 Å². The number of rotatable bonds is 5. The average molecular weight is 492 g/mol. The highest BCUT2D eigenvalue weighted by atomic mass is 16.5. The fourth-order valence-corrected chi connectivity index (χ4v) is 6.11. The molecule has 0 bridgehead atoms. The Morgan fingerprint density at radius 1 is 1.05 bits per heavy atom. The largest absolute Gasteiger partial charge is 0.370 e. The molecular weight excluding hydrogens is 459 g/mol. The van der Waals surface area contributed by atoms with Gasteiger partial charge in [-0.15, -0.1) is 0 Å². The third-order valence-electron chi connectivity index (χ3n) is 7.90. The van der Waals surface area contributed by atoms with E-state index in [0.29, 0.717) is 22.6 Å². The lowest BCUT2D eigenvalue weighted by Gasteiger charge is -2.47. The van der Waals surface area contributed by atoms with Crippen molar-refractivity contribution >= 4 is 35.7 Å². The summed E-state index contributed by atoms with van der Waals surface area (Å²) in [7, 11) is 5.92. The fraction of sp³-hybridized carbons (Fsp3) is 0.448. The molecule has 4 heterocycles. The number of aromatic nitrogens is 1. The van der Waals surface area contributed by atoms with E-state index in [-0.39, 0.29) is 17.7 Å². The van der Waals surface area contributed by atoms with Crippen molar-refractivity contribution in [3.8, 4) is 6.07 Å². The van der Waals surface area contributed by atoms with Gasteiger partial charge in [0, 0.05) is 74.0 Å². The van der Waals surface area contributed by atoms with Gasteiger partial charge in [-0.25, -0.2) is 0 Å². The summed E-state index contributed by atoms with van der Waals surface area (Å²) < 4.78 is 6.35. The Labute approximate surface area is 220 Å². The average Bonchev–Trinajstić information content (AvgIpc) is 2.83. The van der Waals surface area contributed by atoms with Gasteiger partial charge in [0.1, 0.15) is 13.9 Å². The van der Waals surface area contributed by atoms with Gasteiger partial charge in [-0.3, -0.25) is 9.88 Å². The molecule has 0 amide bonds. The molecule has 2 aromatic carbocycles. The molecule has 6 rings (SSSR count). The minimum absolute atomic E-state index is 0.0561. The summed E-state index contributed by atoms with van der Waals surface area (Å²) in [6.45, 7) is 10.7. The number of nitriles is 1. The molecule has 0 aliphatic carbocycles. The standard InChI is InChI=1S/C29H33BN6O/c1-19-12-35(26-9-5-21(11-31)28-25(26)8-10-27(30)33-28)16-24(37-19)15-34-13-22(14-34)20-3-6-23(7-4-20)36-17-29(2,32)18-36/h3-10,19,22,24H,12-18,32H2,1-2H3/t19-,24+/m1/s1. The number of pyridine rings is 1. The minimum Gasteiger partial charge on any atom is -0.370 e. The summed E-state index contributed by atoms with van der Waals surface area (Å²) in [4.78, 5) is 11.7. The van der Waals surface area contributed by atoms with E-state index < -0.39 is 0 Å². The summed E-state index contributed by atoms with van der Waals surface area (Å²) in [5.41, 5.74) is 11.5. The Morgan fingerprint density at radius 3 is 2.51 bits per heavy atom. The predicted octanol–water partition coefficient (Wildman–Crippen LogP) is 2.13. The summed E-state index contributed by atoms with van der Waals surface area (Å²) in [5, 5.41) is 10.5. The first-order chi connectivity index (χ1) is 17.8. The normalized spacial score (nSPS) is 23.9. The molecular formula is C29H33BN6O. The number of fused-ring (bicyclic) bond motifs is 1. The van der Waals surface area contributed by atoms with Crippen LogP contribution in [-0.4, -0.2) is 81.3 Å². The number of nitrogens with zero attached hydrogens (tertiary/aromatic N) is 5. The third kappa shape index (κ3) is 4.79. The first kappa shape index (κ1) is 24.2. The minimum atomic E-state index is -0.0561. The smallest absolute Gasteiger partial charge is 0.141 e. The molecule has 3 aromatic rings. The molecule has 3 fully saturated rings. The van der Waals surface area contributed by atoms with Crippen LogP contribution in [0.1, 0.15) is 30.9 Å². The van der Waals surface area contributed by atoms with E-state index in [9.17, 15) is 5.26 Å². The number of benzene rings is 2. The molecule has 188 valence electrons. The number of anilines is 2. The van der Waals surface area contributed by atoms with Gasteiger partial charge in [0.2, 0.25) is 0 Å². The third-order valence-corrected chi connectivity index (χ3v) is 7.90. The van der Waals surface area contributed by atoms with Gasteiger partial charge in [0.15, 0.2) is 0 Å². The molecule has 2 atom stereocenters. The van der Waals surface area contributed by atoms with Crippen LogP contribution in [0.4, 0.5) is 11.4 Å². The van der Waals surface area contributed by atoms with Gasteiger partial charge < -0.3 is 20.3 Å². The molecule has 2 radical (unpaired) electrons. The van der Waals surface area contributed by atoms with E-state index in [0.717, 1.165) is 56.9 Å². The van der Waals surface area contributed by atoms with E-state index in [1.165, 1.54) is 11.3 Å². The van der Waals surface area contributed by atoms with Crippen LogP contribution in [0.3, 0.4) is 0 Å². The number of ether oxygens (including phenoxy) is 1. The van der Waals surface area contributed by atoms with Crippen molar-refractivity contribution < 1.29 is 4.74 Å². The van der Waals surface area contributed by atoms with Crippen molar-refractivity contribution in [1.82, 2.24) is 9.88 Å². The lowest BCUT2D eigenvalue weighted by molar-refractivity contribution is -0.0434. The predicted molar refractivity (Wildman–Crippen MR) is 149 cm³/mol. The Morgan fingerprint density at radius 2 is 1.81 bits per heavy atom. The zero-order chi connectivity index (χ0) is 25.7. The van der Waals surface area contributed by atoms with E-state index >= 15 is 0 Å². The molecule has 3 aliphatic rings. The van der Waals surface area contributed by atoms with Crippen LogP contribution < -0.4 is 21.1 Å². The maximum absolute atomic E-state index is 9.54. The molecule has 0 saturated carbocycles. The first-order valence-corrected chi connectivity index (χ1v) is 13.1. The topological polar surface area (TPSA) is 81.6 Å². The highest BCUT2D eigenvalue weighted by molar-refractivity contribution is 6.31. The molecule has 0 unspecified atom stereocenters. The van der Waals surface area contributed by atoms with Gasteiger partial charge >= 0.3 is 0 Å². The number of nitrogens with two attached hydrogens (primary N) is 1. The summed E-state index contributed by atoms with van der Waals surface area (Å²) in [6, 6.07) is 18.9. The molecule has 7 nitrogen and oxygen atoms in total. The molecule has 0 spiro atoms. The molecule has 3 saturated heterocycles. The molecule has 1 aromatic heterocycles. The van der Waals surface area contributed by atoms with E-state index in [1.54, 1.807) is 6.07 Å². The van der Waals surface area contributed by atoms with Crippen molar-refractivity contribution in [3.05, 3.63) is 59.7 Å². The van der Waals surface area contributed by atoms with Crippen LogP contribution in [0.5, 0.6) is 0 Å². The molecule has 3 aliphatic heterocycles. The number of hydrogen-bond acceptors (Lipinski definition) is 7. The highest BCUT2D eigenvalue weighted by Gasteiger charge is 2.36. The van der Waals surface area contributed by atoms with Crippen LogP contribution in [0.15, 0.2) is 48.5 Å². The van der Waals surface area contributed by atoms with Crippen molar-refractivity contribution in [1.29, 1.82) is 5.26 Å². The molecule has 37 heavy (non-hydrogen) atoms. The quantitative estimate of drug-likeness (QED) is 0.547. The Balaban J connectivity index is 1.09. The van der Waals surface area contributed by atoms with Gasteiger partial charge in [-0.1, -0.05) is 18.2 Å². The molecule has 2 N–H and O–H groups in total. The van der Waals surface area contributed by atoms with E-state index in [1.807, 2.05) is 18.2 Å². The number of hydrogen-bond donors (Lipinski definition) is 1. The van der Waals surface area contributed by atoms with Crippen LogP contribution in [-0.2, 0) is 4.74 Å². The Bertz CT molecular complexity index is 1340. The Hall–Kier alpha value is -3.12. The van der Waals surface area contributed by atoms with Gasteiger partial charge in [-0.05, 0) is 55.3 Å². The van der Waals surface area contributed by atoms with E-state index in [2.05, 4.69) is 63.9 Å². The maximum Gasteiger partial charge on any atom is 0.141 e. The summed E-state index contributed by atoms with van der Waals surface area (Å²) >= 11 is 0. The molecule has 8 heteroatoms. The van der Waals surface area contributed by atoms with Crippen LogP contribution in [0, 0.1) is 11.3 Å². The van der Waals surface area contributed by atoms with Crippen LogP contribution in [0.25, 0.3) is 10.9 Å². The van der Waals surface area contributed by atoms with Crippen LogP contribution >= 0.6 is 0 Å². The van der Waals surface area contributed by atoms with Gasteiger partial charge in [-0.2, -0.15) is 5.26 Å². The van der Waals surface area contributed by atoms with Crippen molar-refractivity contribution in [2.75, 3.05) is 55.6 Å². The van der Waals surface area contributed by atoms with Crippen molar-refractivity contribution in [2.24, 2.45) is 5.73 Å². The Kier molecular flexibility index (Phi) is 6.11. The second-order valence-electron chi connectivity index (χ2n) is 11.4. The first-order valence-electron chi connectivity index (χ1n) is 13.1. The highest BCUT2D eigenvalue weighted by Crippen LogP contribution is 2.33. The summed E-state index contributed by atoms with van der Waals surface area (Å²) in [6.07, 6.45) is 0.240. The van der Waals surface area contributed by atoms with Crippen molar-refractivity contribution in [2.45, 2.75) is 37.5 Å².